The maximum absolute atomic E-state index is 4.58. The van der Waals surface area contributed by atoms with E-state index >= 15 is 0 Å². The Morgan fingerprint density at radius 3 is 2.86 bits per heavy atom. The molecular weight excluding hydrogens is 387 g/mol. The van der Waals surface area contributed by atoms with Gasteiger partial charge in [0, 0.05) is 19.3 Å². The van der Waals surface area contributed by atoms with E-state index in [1.54, 1.807) is 11.8 Å². The van der Waals surface area contributed by atoms with E-state index in [9.17, 15) is 0 Å². The van der Waals surface area contributed by atoms with Crippen LogP contribution in [0.25, 0.3) is 0 Å². The van der Waals surface area contributed by atoms with Gasteiger partial charge in [0.25, 0.3) is 0 Å². The summed E-state index contributed by atoms with van der Waals surface area (Å²) < 4.78 is 0. The number of pyridine rings is 1. The molecule has 0 saturated carbocycles. The van der Waals surface area contributed by atoms with Crippen LogP contribution in [0.2, 0.25) is 0 Å². The number of aromatic nitrogens is 1. The third kappa shape index (κ3) is 7.24. The van der Waals surface area contributed by atoms with Gasteiger partial charge < -0.3 is 10.6 Å². The van der Waals surface area contributed by atoms with Crippen LogP contribution in [0.15, 0.2) is 41.0 Å². The average molecular weight is 414 g/mol. The summed E-state index contributed by atoms with van der Waals surface area (Å²) in [5.74, 6) is 0.875. The lowest BCUT2D eigenvalue weighted by Gasteiger charge is -2.15. The van der Waals surface area contributed by atoms with E-state index in [1.807, 2.05) is 18.2 Å². The maximum Gasteiger partial charge on any atom is 0.191 e. The van der Waals surface area contributed by atoms with Crippen LogP contribution in [0.5, 0.6) is 0 Å². The first kappa shape index (κ1) is 18.9. The fourth-order valence-corrected chi connectivity index (χ4v) is 2.47. The minimum absolute atomic E-state index is 0. The molecule has 1 heterocycles. The number of allylic oxidation sites excluding steroid dienone is 1. The van der Waals surface area contributed by atoms with Gasteiger partial charge in [0.1, 0.15) is 0 Å². The highest BCUT2D eigenvalue weighted by Gasteiger charge is 2.04. The van der Waals surface area contributed by atoms with Gasteiger partial charge in [-0.15, -0.1) is 24.0 Å². The van der Waals surface area contributed by atoms with Crippen molar-refractivity contribution in [1.82, 2.24) is 15.6 Å². The minimum Gasteiger partial charge on any atom is -0.357 e. The van der Waals surface area contributed by atoms with Gasteiger partial charge in [0.15, 0.2) is 5.96 Å². The zero-order valence-corrected chi connectivity index (χ0v) is 15.7. The molecule has 1 aliphatic carbocycles. The van der Waals surface area contributed by atoms with Crippen molar-refractivity contribution in [2.24, 2.45) is 4.99 Å². The summed E-state index contributed by atoms with van der Waals surface area (Å²) in [7, 11) is 0. The minimum atomic E-state index is 0. The number of halogens is 1. The Morgan fingerprint density at radius 1 is 1.27 bits per heavy atom. The first-order valence-electron chi connectivity index (χ1n) is 7.98. The topological polar surface area (TPSA) is 49.3 Å². The first-order chi connectivity index (χ1) is 10.4. The molecule has 2 N–H and O–H groups in total. The second-order valence-corrected chi connectivity index (χ2v) is 5.30. The van der Waals surface area contributed by atoms with Gasteiger partial charge in [-0.25, -0.2) is 4.99 Å². The summed E-state index contributed by atoms with van der Waals surface area (Å²) in [6.07, 6.45) is 10.6. The predicted molar refractivity (Wildman–Crippen MR) is 104 cm³/mol. The highest BCUT2D eigenvalue weighted by atomic mass is 127. The maximum atomic E-state index is 4.58. The lowest BCUT2D eigenvalue weighted by Crippen LogP contribution is -2.37. The monoisotopic (exact) mass is 414 g/mol. The second-order valence-electron chi connectivity index (χ2n) is 5.30. The number of hydrogen-bond acceptors (Lipinski definition) is 2. The molecule has 1 aromatic heterocycles. The van der Waals surface area contributed by atoms with Crippen LogP contribution in [0.4, 0.5) is 0 Å². The second kappa shape index (κ2) is 11.5. The Morgan fingerprint density at radius 2 is 2.18 bits per heavy atom. The SMILES string of the molecule is CCNC(=NCc1ccccn1)NCCC1=CCCCC1.I. The lowest BCUT2D eigenvalue weighted by molar-refractivity contribution is 0.665. The summed E-state index contributed by atoms with van der Waals surface area (Å²) in [6, 6.07) is 5.92. The van der Waals surface area contributed by atoms with Gasteiger partial charge in [-0.05, 0) is 51.2 Å². The van der Waals surface area contributed by atoms with Gasteiger partial charge in [0.05, 0.1) is 12.2 Å². The van der Waals surface area contributed by atoms with E-state index in [2.05, 4.69) is 33.6 Å². The molecule has 1 aromatic rings. The number of guanidine groups is 1. The molecule has 0 bridgehead atoms. The predicted octanol–water partition coefficient (Wildman–Crippen LogP) is 3.65. The molecule has 0 saturated heterocycles. The molecule has 0 amide bonds. The van der Waals surface area contributed by atoms with E-state index in [4.69, 9.17) is 0 Å². The Kier molecular flexibility index (Phi) is 9.86. The van der Waals surface area contributed by atoms with Crippen LogP contribution in [0.1, 0.15) is 44.7 Å². The quantitative estimate of drug-likeness (QED) is 0.324. The van der Waals surface area contributed by atoms with Crippen LogP contribution >= 0.6 is 24.0 Å². The molecule has 0 unspecified atom stereocenters. The molecule has 0 radical (unpaired) electrons. The molecule has 0 spiro atoms. The van der Waals surface area contributed by atoms with Crippen LogP contribution in [0.3, 0.4) is 0 Å². The van der Waals surface area contributed by atoms with E-state index in [1.165, 1.54) is 25.7 Å². The van der Waals surface area contributed by atoms with Crippen molar-refractivity contribution in [1.29, 1.82) is 0 Å². The van der Waals surface area contributed by atoms with E-state index in [0.29, 0.717) is 6.54 Å². The summed E-state index contributed by atoms with van der Waals surface area (Å²) >= 11 is 0. The third-order valence-electron chi connectivity index (χ3n) is 3.59. The number of nitrogens with zero attached hydrogens (tertiary/aromatic N) is 2. The standard InChI is InChI=1S/C17H26N4.HI/c1-2-18-17(21-14-16-10-6-7-12-19-16)20-13-11-15-8-4-3-5-9-15;/h6-8,10,12H,2-5,9,11,13-14H2,1H3,(H2,18,20,21);1H. The fraction of sp³-hybridized carbons (Fsp3) is 0.529. The Bertz CT molecular complexity index is 471. The molecule has 1 aliphatic rings. The van der Waals surface area contributed by atoms with E-state index < -0.39 is 0 Å². The van der Waals surface area contributed by atoms with Crippen molar-refractivity contribution in [3.05, 3.63) is 41.7 Å². The van der Waals surface area contributed by atoms with Crippen molar-refractivity contribution in [3.63, 3.8) is 0 Å². The van der Waals surface area contributed by atoms with Gasteiger partial charge in [-0.3, -0.25) is 4.98 Å². The van der Waals surface area contributed by atoms with Crippen LogP contribution in [-0.2, 0) is 6.54 Å². The molecule has 0 atom stereocenters. The van der Waals surface area contributed by atoms with Crippen LogP contribution in [0, 0.1) is 0 Å². The summed E-state index contributed by atoms with van der Waals surface area (Å²) in [4.78, 5) is 8.87. The fourth-order valence-electron chi connectivity index (χ4n) is 2.47. The van der Waals surface area contributed by atoms with Gasteiger partial charge in [0.2, 0.25) is 0 Å². The summed E-state index contributed by atoms with van der Waals surface area (Å²) in [6.45, 7) is 4.51. The molecular formula is C17H27IN4. The van der Waals surface area contributed by atoms with Crippen molar-refractivity contribution < 1.29 is 0 Å². The highest BCUT2D eigenvalue weighted by Crippen LogP contribution is 2.19. The molecule has 22 heavy (non-hydrogen) atoms. The number of nitrogens with one attached hydrogen (secondary N) is 2. The highest BCUT2D eigenvalue weighted by molar-refractivity contribution is 14.0. The normalized spacial score (nSPS) is 14.8. The van der Waals surface area contributed by atoms with Crippen molar-refractivity contribution in [2.45, 2.75) is 45.6 Å². The van der Waals surface area contributed by atoms with E-state index in [0.717, 1.165) is 31.2 Å². The third-order valence-corrected chi connectivity index (χ3v) is 3.59. The summed E-state index contributed by atoms with van der Waals surface area (Å²) in [5, 5.41) is 6.69. The van der Waals surface area contributed by atoms with Gasteiger partial charge >= 0.3 is 0 Å². The molecule has 2 rings (SSSR count). The zero-order valence-electron chi connectivity index (χ0n) is 13.3. The molecule has 0 aromatic carbocycles. The summed E-state index contributed by atoms with van der Waals surface area (Å²) in [5.41, 5.74) is 2.58. The van der Waals surface area contributed by atoms with E-state index in [-0.39, 0.29) is 24.0 Å². The van der Waals surface area contributed by atoms with Crippen LogP contribution < -0.4 is 10.6 Å². The van der Waals surface area contributed by atoms with Crippen molar-refractivity contribution in [3.8, 4) is 0 Å². The molecule has 5 heteroatoms. The number of aliphatic imine (C=N–C) groups is 1. The van der Waals surface area contributed by atoms with Crippen LogP contribution in [-0.4, -0.2) is 24.0 Å². The Labute approximate surface area is 150 Å². The Hall–Kier alpha value is -1.11. The van der Waals surface area contributed by atoms with Crippen molar-refractivity contribution in [2.75, 3.05) is 13.1 Å². The van der Waals surface area contributed by atoms with Crippen molar-refractivity contribution >= 4 is 29.9 Å². The largest absolute Gasteiger partial charge is 0.357 e. The molecule has 0 aliphatic heterocycles. The molecule has 4 nitrogen and oxygen atoms in total. The lowest BCUT2D eigenvalue weighted by atomic mass is 9.97. The molecule has 122 valence electrons. The van der Waals surface area contributed by atoms with Gasteiger partial charge in [-0.1, -0.05) is 17.7 Å². The Balaban J connectivity index is 0.00000242. The number of rotatable bonds is 6. The average Bonchev–Trinajstić information content (AvgIpc) is 2.54. The molecule has 0 fully saturated rings. The van der Waals surface area contributed by atoms with Gasteiger partial charge in [-0.2, -0.15) is 0 Å². The number of hydrogen-bond donors (Lipinski definition) is 2. The zero-order chi connectivity index (χ0) is 14.8. The smallest absolute Gasteiger partial charge is 0.191 e. The first-order valence-corrected chi connectivity index (χ1v) is 7.98.